The first-order valence-electron chi connectivity index (χ1n) is 9.12. The summed E-state index contributed by atoms with van der Waals surface area (Å²) in [6.07, 6.45) is 6.01. The van der Waals surface area contributed by atoms with Crippen molar-refractivity contribution >= 4 is 23.2 Å². The number of aromatic nitrogens is 1. The lowest BCUT2D eigenvalue weighted by molar-refractivity contribution is 0.0951. The van der Waals surface area contributed by atoms with Crippen LogP contribution in [0.15, 0.2) is 42.6 Å². The zero-order chi connectivity index (χ0) is 17.9. The molecule has 1 aromatic carbocycles. The molecule has 1 aliphatic heterocycles. The Morgan fingerprint density at radius 2 is 1.73 bits per heavy atom. The van der Waals surface area contributed by atoms with E-state index >= 15 is 0 Å². The quantitative estimate of drug-likeness (QED) is 0.870. The maximum Gasteiger partial charge on any atom is 0.274 e. The van der Waals surface area contributed by atoms with Crippen LogP contribution in [0.25, 0.3) is 0 Å². The molecule has 0 radical (unpaired) electrons. The molecule has 2 aliphatic rings. The van der Waals surface area contributed by atoms with E-state index in [9.17, 15) is 9.59 Å². The summed E-state index contributed by atoms with van der Waals surface area (Å²) in [6, 6.07) is 11.3. The summed E-state index contributed by atoms with van der Waals surface area (Å²) in [7, 11) is 0. The lowest BCUT2D eigenvalue weighted by atomic mass is 10.2. The Labute approximate surface area is 152 Å². The van der Waals surface area contributed by atoms with E-state index in [0.29, 0.717) is 11.3 Å². The third-order valence-corrected chi connectivity index (χ3v) is 4.76. The van der Waals surface area contributed by atoms with Gasteiger partial charge in [-0.15, -0.1) is 0 Å². The Kier molecular flexibility index (Phi) is 4.56. The predicted molar refractivity (Wildman–Crippen MR) is 101 cm³/mol. The number of nitrogens with zero attached hydrogens (tertiary/aromatic N) is 2. The van der Waals surface area contributed by atoms with Crippen molar-refractivity contribution in [2.24, 2.45) is 0 Å². The van der Waals surface area contributed by atoms with E-state index in [2.05, 4.69) is 20.5 Å². The van der Waals surface area contributed by atoms with Crippen molar-refractivity contribution in [2.45, 2.75) is 31.7 Å². The number of nitrogens with one attached hydrogen (secondary N) is 2. The molecule has 2 N–H and O–H groups in total. The highest BCUT2D eigenvalue weighted by atomic mass is 16.2. The van der Waals surface area contributed by atoms with Gasteiger partial charge in [-0.2, -0.15) is 0 Å². The largest absolute Gasteiger partial charge is 0.372 e. The molecule has 0 atom stereocenters. The summed E-state index contributed by atoms with van der Waals surface area (Å²) < 4.78 is 0. The summed E-state index contributed by atoms with van der Waals surface area (Å²) in [5, 5.41) is 5.76. The lowest BCUT2D eigenvalue weighted by Crippen LogP contribution is -2.26. The van der Waals surface area contributed by atoms with Gasteiger partial charge in [-0.25, -0.2) is 0 Å². The first-order chi connectivity index (χ1) is 12.7. The van der Waals surface area contributed by atoms with Crippen LogP contribution in [0, 0.1) is 0 Å². The van der Waals surface area contributed by atoms with Crippen LogP contribution < -0.4 is 15.5 Å². The van der Waals surface area contributed by atoms with Crippen molar-refractivity contribution in [3.63, 3.8) is 0 Å². The first-order valence-corrected chi connectivity index (χ1v) is 9.12. The van der Waals surface area contributed by atoms with Crippen molar-refractivity contribution in [1.29, 1.82) is 0 Å². The monoisotopic (exact) mass is 350 g/mol. The van der Waals surface area contributed by atoms with E-state index in [4.69, 9.17) is 0 Å². The van der Waals surface area contributed by atoms with Gasteiger partial charge in [0.2, 0.25) is 0 Å². The minimum absolute atomic E-state index is 0.154. The minimum Gasteiger partial charge on any atom is -0.372 e. The number of amides is 2. The first kappa shape index (κ1) is 16.6. The molecule has 1 saturated heterocycles. The number of benzene rings is 1. The molecular weight excluding hydrogens is 328 g/mol. The van der Waals surface area contributed by atoms with Gasteiger partial charge < -0.3 is 15.5 Å². The molecular formula is C20H22N4O2. The van der Waals surface area contributed by atoms with Gasteiger partial charge in [-0.3, -0.25) is 14.6 Å². The highest BCUT2D eigenvalue weighted by Gasteiger charge is 2.24. The van der Waals surface area contributed by atoms with E-state index in [0.717, 1.165) is 25.9 Å². The molecule has 6 heteroatoms. The molecule has 0 bridgehead atoms. The molecule has 0 spiro atoms. The number of hydrogen-bond donors (Lipinski definition) is 2. The fourth-order valence-corrected chi connectivity index (χ4v) is 3.12. The summed E-state index contributed by atoms with van der Waals surface area (Å²) in [6.45, 7) is 2.18. The van der Waals surface area contributed by atoms with Gasteiger partial charge >= 0.3 is 0 Å². The lowest BCUT2D eigenvalue weighted by Gasteiger charge is -2.17. The van der Waals surface area contributed by atoms with Crippen LogP contribution in [0.5, 0.6) is 0 Å². The second-order valence-corrected chi connectivity index (χ2v) is 6.87. The molecule has 2 heterocycles. The Morgan fingerprint density at radius 1 is 1.00 bits per heavy atom. The van der Waals surface area contributed by atoms with Crippen molar-refractivity contribution < 1.29 is 9.59 Å². The van der Waals surface area contributed by atoms with Crippen LogP contribution in [0.4, 0.5) is 11.4 Å². The van der Waals surface area contributed by atoms with Crippen LogP contribution in [0.3, 0.4) is 0 Å². The fourth-order valence-electron chi connectivity index (χ4n) is 3.12. The zero-order valence-corrected chi connectivity index (χ0v) is 14.6. The Bertz CT molecular complexity index is 809. The smallest absolute Gasteiger partial charge is 0.274 e. The van der Waals surface area contributed by atoms with Crippen molar-refractivity contribution in [1.82, 2.24) is 10.3 Å². The predicted octanol–water partition coefficient (Wildman–Crippen LogP) is 2.83. The van der Waals surface area contributed by atoms with E-state index in [1.54, 1.807) is 6.07 Å². The molecule has 2 fully saturated rings. The SMILES string of the molecule is O=C(NC1CC1)c1ccnc(C(=O)Nc2ccc(N3CCCC3)cc2)c1. The summed E-state index contributed by atoms with van der Waals surface area (Å²) in [5.41, 5.74) is 2.59. The Hall–Kier alpha value is -2.89. The average Bonchev–Trinajstić information content (AvgIpc) is 3.31. The fraction of sp³-hybridized carbons (Fsp3) is 0.350. The molecule has 2 aromatic rings. The summed E-state index contributed by atoms with van der Waals surface area (Å²) in [5.74, 6) is -0.473. The third kappa shape index (κ3) is 3.85. The number of anilines is 2. The molecule has 6 nitrogen and oxygen atoms in total. The normalized spacial score (nSPS) is 16.4. The van der Waals surface area contributed by atoms with Gasteiger partial charge in [0, 0.05) is 42.3 Å². The highest BCUT2D eigenvalue weighted by molar-refractivity contribution is 6.04. The number of carbonyl (C=O) groups is 2. The van der Waals surface area contributed by atoms with E-state index < -0.39 is 0 Å². The van der Waals surface area contributed by atoms with Crippen molar-refractivity contribution in [3.8, 4) is 0 Å². The molecule has 134 valence electrons. The van der Waals surface area contributed by atoms with E-state index in [1.165, 1.54) is 30.8 Å². The second kappa shape index (κ2) is 7.15. The van der Waals surface area contributed by atoms with Crippen molar-refractivity contribution in [3.05, 3.63) is 53.9 Å². The molecule has 26 heavy (non-hydrogen) atoms. The van der Waals surface area contributed by atoms with Crippen LogP contribution in [0.1, 0.15) is 46.5 Å². The van der Waals surface area contributed by atoms with Gasteiger partial charge in [0.05, 0.1) is 0 Å². The summed E-state index contributed by atoms with van der Waals surface area (Å²) >= 11 is 0. The molecule has 0 unspecified atom stereocenters. The number of rotatable bonds is 5. The van der Waals surface area contributed by atoms with Crippen LogP contribution in [-0.2, 0) is 0 Å². The average molecular weight is 350 g/mol. The molecule has 1 saturated carbocycles. The highest BCUT2D eigenvalue weighted by Crippen LogP contribution is 2.22. The Balaban J connectivity index is 1.41. The molecule has 1 aromatic heterocycles. The van der Waals surface area contributed by atoms with Crippen molar-refractivity contribution in [2.75, 3.05) is 23.3 Å². The maximum atomic E-state index is 12.4. The van der Waals surface area contributed by atoms with Gasteiger partial charge in [-0.1, -0.05) is 0 Å². The molecule has 1 aliphatic carbocycles. The Morgan fingerprint density at radius 3 is 2.42 bits per heavy atom. The number of pyridine rings is 1. The van der Waals surface area contributed by atoms with Gasteiger partial charge in [0.15, 0.2) is 0 Å². The topological polar surface area (TPSA) is 74.3 Å². The number of carbonyl (C=O) groups excluding carboxylic acids is 2. The third-order valence-electron chi connectivity index (χ3n) is 4.76. The van der Waals surface area contributed by atoms with Gasteiger partial charge in [-0.05, 0) is 62.1 Å². The minimum atomic E-state index is -0.319. The zero-order valence-electron chi connectivity index (χ0n) is 14.6. The van der Waals surface area contributed by atoms with Gasteiger partial charge in [0.1, 0.15) is 5.69 Å². The summed E-state index contributed by atoms with van der Waals surface area (Å²) in [4.78, 5) is 31.0. The van der Waals surface area contributed by atoms with Crippen LogP contribution in [0.2, 0.25) is 0 Å². The second-order valence-electron chi connectivity index (χ2n) is 6.87. The van der Waals surface area contributed by atoms with Crippen LogP contribution in [-0.4, -0.2) is 35.9 Å². The molecule has 2 amide bonds. The molecule has 4 rings (SSSR count). The number of hydrogen-bond acceptors (Lipinski definition) is 4. The van der Waals surface area contributed by atoms with E-state index in [-0.39, 0.29) is 23.6 Å². The standard InChI is InChI=1S/C20H22N4O2/c25-19(22-15-3-4-15)14-9-10-21-18(13-14)20(26)23-16-5-7-17(8-6-16)24-11-1-2-12-24/h5-10,13,15H,1-4,11-12H2,(H,22,25)(H,23,26). The maximum absolute atomic E-state index is 12.4. The van der Waals surface area contributed by atoms with E-state index in [1.807, 2.05) is 24.3 Å². The van der Waals surface area contributed by atoms with Gasteiger partial charge in [0.25, 0.3) is 11.8 Å². The van der Waals surface area contributed by atoms with Crippen LogP contribution >= 0.6 is 0 Å².